The van der Waals surface area contributed by atoms with E-state index in [-0.39, 0.29) is 0 Å². The molecule has 0 spiro atoms. The molecule has 1 aromatic carbocycles. The van der Waals surface area contributed by atoms with Crippen LogP contribution in [0.25, 0.3) is 11.1 Å². The van der Waals surface area contributed by atoms with Crippen molar-refractivity contribution >= 4 is 5.82 Å². The van der Waals surface area contributed by atoms with Crippen LogP contribution in [0.1, 0.15) is 5.56 Å². The van der Waals surface area contributed by atoms with Crippen LogP contribution in [0.2, 0.25) is 0 Å². The molecule has 0 saturated carbocycles. The van der Waals surface area contributed by atoms with Crippen LogP contribution in [0.15, 0.2) is 42.6 Å². The predicted molar refractivity (Wildman–Crippen MR) is 79.8 cm³/mol. The Bertz CT molecular complexity index is 632. The normalized spacial score (nSPS) is 15.9. The van der Waals surface area contributed by atoms with E-state index in [4.69, 9.17) is 0 Å². The van der Waals surface area contributed by atoms with Crippen molar-refractivity contribution in [1.82, 2.24) is 10.3 Å². The third kappa shape index (κ3) is 3.06. The van der Waals surface area contributed by atoms with Crippen LogP contribution >= 0.6 is 0 Å². The lowest BCUT2D eigenvalue weighted by Gasteiger charge is -2.30. The summed E-state index contributed by atoms with van der Waals surface area (Å²) < 4.78 is 38.0. The highest BCUT2D eigenvalue weighted by Gasteiger charge is 2.30. The van der Waals surface area contributed by atoms with Crippen molar-refractivity contribution in [2.45, 2.75) is 6.18 Å². The van der Waals surface area contributed by atoms with Crippen LogP contribution in [0.5, 0.6) is 0 Å². The number of rotatable bonds is 2. The largest absolute Gasteiger partial charge is 0.416 e. The van der Waals surface area contributed by atoms with Crippen LogP contribution < -0.4 is 10.2 Å². The van der Waals surface area contributed by atoms with Gasteiger partial charge in [-0.15, -0.1) is 0 Å². The van der Waals surface area contributed by atoms with Gasteiger partial charge in [-0.25, -0.2) is 4.98 Å². The first kappa shape index (κ1) is 14.8. The second-order valence-corrected chi connectivity index (χ2v) is 5.19. The molecule has 1 aliphatic heterocycles. The minimum Gasteiger partial charge on any atom is -0.354 e. The standard InChI is InChI=1S/C16H16F3N3/c17-16(18,19)13-5-3-12(4-6-13)14-2-1-7-21-15(14)22-10-8-20-9-11-22/h1-7,20H,8-11H2. The summed E-state index contributed by atoms with van der Waals surface area (Å²) in [5, 5.41) is 3.27. The summed E-state index contributed by atoms with van der Waals surface area (Å²) in [7, 11) is 0. The van der Waals surface area contributed by atoms with Crippen molar-refractivity contribution in [2.75, 3.05) is 31.1 Å². The Kier molecular flexibility index (Phi) is 4.02. The molecule has 0 amide bonds. The number of aromatic nitrogens is 1. The number of pyridine rings is 1. The van der Waals surface area contributed by atoms with Gasteiger partial charge in [0.25, 0.3) is 0 Å². The third-order valence-electron chi connectivity index (χ3n) is 3.73. The van der Waals surface area contributed by atoms with Gasteiger partial charge in [0.15, 0.2) is 0 Å². The number of anilines is 1. The van der Waals surface area contributed by atoms with Crippen molar-refractivity contribution in [3.8, 4) is 11.1 Å². The molecule has 0 aliphatic carbocycles. The first-order chi connectivity index (χ1) is 10.6. The highest BCUT2D eigenvalue weighted by molar-refractivity contribution is 5.76. The van der Waals surface area contributed by atoms with Crippen LogP contribution in [0.4, 0.5) is 19.0 Å². The van der Waals surface area contributed by atoms with Crippen LogP contribution in [-0.4, -0.2) is 31.2 Å². The summed E-state index contributed by atoms with van der Waals surface area (Å²) in [5.74, 6) is 0.823. The van der Waals surface area contributed by atoms with E-state index in [1.165, 1.54) is 12.1 Å². The molecule has 1 aromatic heterocycles. The highest BCUT2D eigenvalue weighted by Crippen LogP contribution is 2.33. The number of nitrogens with zero attached hydrogens (tertiary/aromatic N) is 2. The molecule has 6 heteroatoms. The lowest BCUT2D eigenvalue weighted by molar-refractivity contribution is -0.137. The van der Waals surface area contributed by atoms with Gasteiger partial charge in [0.1, 0.15) is 5.82 Å². The van der Waals surface area contributed by atoms with Crippen molar-refractivity contribution in [3.63, 3.8) is 0 Å². The number of hydrogen-bond acceptors (Lipinski definition) is 3. The summed E-state index contributed by atoms with van der Waals surface area (Å²) in [4.78, 5) is 6.58. The molecule has 1 fully saturated rings. The smallest absolute Gasteiger partial charge is 0.354 e. The van der Waals surface area contributed by atoms with Crippen molar-refractivity contribution in [3.05, 3.63) is 48.2 Å². The van der Waals surface area contributed by atoms with Crippen molar-refractivity contribution in [2.24, 2.45) is 0 Å². The molecule has 0 radical (unpaired) electrons. The van der Waals surface area contributed by atoms with Gasteiger partial charge in [0, 0.05) is 37.9 Å². The molecule has 2 heterocycles. The molecule has 1 N–H and O–H groups in total. The predicted octanol–water partition coefficient (Wildman–Crippen LogP) is 3.18. The first-order valence-corrected chi connectivity index (χ1v) is 7.14. The minimum atomic E-state index is -4.31. The van der Waals surface area contributed by atoms with Crippen LogP contribution in [0, 0.1) is 0 Å². The second-order valence-electron chi connectivity index (χ2n) is 5.19. The van der Waals surface area contributed by atoms with Gasteiger partial charge in [-0.1, -0.05) is 12.1 Å². The maximum Gasteiger partial charge on any atom is 0.416 e. The molecular formula is C16H16F3N3. The number of piperazine rings is 1. The Hall–Kier alpha value is -2.08. The fourth-order valence-electron chi connectivity index (χ4n) is 2.59. The molecule has 0 unspecified atom stereocenters. The molecule has 0 bridgehead atoms. The fraction of sp³-hybridized carbons (Fsp3) is 0.312. The monoisotopic (exact) mass is 307 g/mol. The summed E-state index contributed by atoms with van der Waals surface area (Å²) >= 11 is 0. The lowest BCUT2D eigenvalue weighted by atomic mass is 10.0. The zero-order valence-electron chi connectivity index (χ0n) is 11.9. The maximum atomic E-state index is 12.7. The molecule has 22 heavy (non-hydrogen) atoms. The molecule has 3 nitrogen and oxygen atoms in total. The zero-order chi connectivity index (χ0) is 15.6. The Morgan fingerprint density at radius 1 is 1.00 bits per heavy atom. The van der Waals surface area contributed by atoms with Crippen LogP contribution in [-0.2, 0) is 6.18 Å². The average Bonchev–Trinajstić information content (AvgIpc) is 2.55. The maximum absolute atomic E-state index is 12.7. The average molecular weight is 307 g/mol. The molecule has 1 aliphatic rings. The Balaban J connectivity index is 1.94. The van der Waals surface area contributed by atoms with E-state index < -0.39 is 11.7 Å². The number of hydrogen-bond donors (Lipinski definition) is 1. The Morgan fingerprint density at radius 3 is 2.32 bits per heavy atom. The van der Waals surface area contributed by atoms with Crippen molar-refractivity contribution in [1.29, 1.82) is 0 Å². The second kappa shape index (κ2) is 5.96. The van der Waals surface area contributed by atoms with E-state index in [2.05, 4.69) is 15.2 Å². The fourth-order valence-corrected chi connectivity index (χ4v) is 2.59. The Morgan fingerprint density at radius 2 is 1.68 bits per heavy atom. The van der Waals surface area contributed by atoms with Crippen molar-refractivity contribution < 1.29 is 13.2 Å². The van der Waals surface area contributed by atoms with Gasteiger partial charge in [-0.3, -0.25) is 0 Å². The van der Waals surface area contributed by atoms with Gasteiger partial charge in [0.2, 0.25) is 0 Å². The first-order valence-electron chi connectivity index (χ1n) is 7.14. The third-order valence-corrected chi connectivity index (χ3v) is 3.73. The number of halogens is 3. The minimum absolute atomic E-state index is 0.635. The molecule has 3 rings (SSSR count). The zero-order valence-corrected chi connectivity index (χ0v) is 11.9. The number of nitrogens with one attached hydrogen (secondary N) is 1. The quantitative estimate of drug-likeness (QED) is 0.923. The number of alkyl halides is 3. The summed E-state index contributed by atoms with van der Waals surface area (Å²) in [6, 6.07) is 8.94. The molecule has 1 saturated heterocycles. The van der Waals surface area contributed by atoms with Crippen LogP contribution in [0.3, 0.4) is 0 Å². The van der Waals surface area contributed by atoms with E-state index in [1.54, 1.807) is 12.3 Å². The van der Waals surface area contributed by atoms with E-state index in [0.29, 0.717) is 0 Å². The highest BCUT2D eigenvalue weighted by atomic mass is 19.4. The molecule has 116 valence electrons. The van der Waals surface area contributed by atoms with E-state index in [0.717, 1.165) is 55.3 Å². The van der Waals surface area contributed by atoms with Gasteiger partial charge in [-0.05, 0) is 29.8 Å². The summed E-state index contributed by atoms with van der Waals surface area (Å²) in [6.07, 6.45) is -2.60. The molecule has 2 aromatic rings. The van der Waals surface area contributed by atoms with E-state index in [9.17, 15) is 13.2 Å². The molecular weight excluding hydrogens is 291 g/mol. The summed E-state index contributed by atoms with van der Waals surface area (Å²) in [5.41, 5.74) is 0.969. The SMILES string of the molecule is FC(F)(F)c1ccc(-c2cccnc2N2CCNCC2)cc1. The topological polar surface area (TPSA) is 28.2 Å². The lowest BCUT2D eigenvalue weighted by Crippen LogP contribution is -2.44. The van der Waals surface area contributed by atoms with E-state index in [1.807, 2.05) is 6.07 Å². The number of benzene rings is 1. The van der Waals surface area contributed by atoms with Gasteiger partial charge >= 0.3 is 6.18 Å². The van der Waals surface area contributed by atoms with Gasteiger partial charge in [0.05, 0.1) is 5.56 Å². The summed E-state index contributed by atoms with van der Waals surface area (Å²) in [6.45, 7) is 3.43. The molecule has 0 atom stereocenters. The van der Waals surface area contributed by atoms with E-state index >= 15 is 0 Å². The van der Waals surface area contributed by atoms with Gasteiger partial charge < -0.3 is 10.2 Å². The Labute approximate surface area is 126 Å². The van der Waals surface area contributed by atoms with Gasteiger partial charge in [-0.2, -0.15) is 13.2 Å².